The predicted molar refractivity (Wildman–Crippen MR) is 76.2 cm³/mol. The van der Waals surface area contributed by atoms with Crippen molar-refractivity contribution in [3.05, 3.63) is 64.7 Å². The fourth-order valence-electron chi connectivity index (χ4n) is 1.61. The second-order valence-electron chi connectivity index (χ2n) is 3.84. The third kappa shape index (κ3) is 3.75. The number of hydrogen-bond acceptors (Lipinski definition) is 2. The molecule has 0 fully saturated rings. The Morgan fingerprint density at radius 2 is 1.84 bits per heavy atom. The van der Waals surface area contributed by atoms with E-state index >= 15 is 0 Å². The van der Waals surface area contributed by atoms with Gasteiger partial charge >= 0.3 is 0 Å². The maximum Gasteiger partial charge on any atom is 0.149 e. The first-order valence-electron chi connectivity index (χ1n) is 5.86. The van der Waals surface area contributed by atoms with E-state index in [1.54, 1.807) is 18.2 Å². The maximum atomic E-state index is 9.20. The lowest BCUT2D eigenvalue weighted by molar-refractivity contribution is 0.270. The molecule has 2 rings (SSSR count). The van der Waals surface area contributed by atoms with Gasteiger partial charge in [-0.25, -0.2) is 0 Å². The second kappa shape index (κ2) is 6.84. The van der Waals surface area contributed by atoms with E-state index in [0.717, 1.165) is 5.56 Å². The Balaban J connectivity index is 2.02. The monoisotopic (exact) mass is 272 g/mol. The molecule has 0 heterocycles. The van der Waals surface area contributed by atoms with E-state index in [1.165, 1.54) is 0 Å². The van der Waals surface area contributed by atoms with Crippen LogP contribution in [0, 0.1) is 11.8 Å². The van der Waals surface area contributed by atoms with Crippen molar-refractivity contribution < 1.29 is 9.84 Å². The smallest absolute Gasteiger partial charge is 0.149 e. The number of aliphatic hydroxyl groups is 1. The summed E-state index contributed by atoms with van der Waals surface area (Å²) in [5.74, 6) is 6.40. The van der Waals surface area contributed by atoms with Crippen LogP contribution in [0.1, 0.15) is 11.1 Å². The standard InChI is InChI=1S/C16H13ClO2/c17-15-10-4-9-14(12-18)16(15)19-11-5-8-13-6-2-1-3-7-13/h1-4,6-7,9-10,18H,11-12H2. The molecule has 0 aliphatic heterocycles. The van der Waals surface area contributed by atoms with E-state index in [0.29, 0.717) is 16.3 Å². The van der Waals surface area contributed by atoms with Crippen LogP contribution in [-0.4, -0.2) is 11.7 Å². The molecule has 0 saturated carbocycles. The summed E-state index contributed by atoms with van der Waals surface area (Å²) >= 11 is 6.02. The Kier molecular flexibility index (Phi) is 4.85. The Bertz CT molecular complexity index is 597. The quantitative estimate of drug-likeness (QED) is 0.869. The molecule has 0 aromatic heterocycles. The van der Waals surface area contributed by atoms with Crippen LogP contribution in [0.5, 0.6) is 5.75 Å². The Morgan fingerprint density at radius 3 is 2.58 bits per heavy atom. The summed E-state index contributed by atoms with van der Waals surface area (Å²) in [7, 11) is 0. The lowest BCUT2D eigenvalue weighted by Crippen LogP contribution is -1.99. The van der Waals surface area contributed by atoms with Crippen molar-refractivity contribution in [3.63, 3.8) is 0 Å². The molecule has 2 aromatic rings. The van der Waals surface area contributed by atoms with Crippen molar-refractivity contribution in [2.75, 3.05) is 6.61 Å². The molecule has 0 radical (unpaired) electrons. The molecule has 2 aromatic carbocycles. The summed E-state index contributed by atoms with van der Waals surface area (Å²) in [5.41, 5.74) is 1.60. The fourth-order valence-corrected chi connectivity index (χ4v) is 1.86. The summed E-state index contributed by atoms with van der Waals surface area (Å²) in [4.78, 5) is 0. The van der Waals surface area contributed by atoms with Crippen LogP contribution in [0.15, 0.2) is 48.5 Å². The summed E-state index contributed by atoms with van der Waals surface area (Å²) in [6.45, 7) is 0.119. The number of ether oxygens (including phenoxy) is 1. The Hall–Kier alpha value is -1.95. The first kappa shape index (κ1) is 13.5. The average Bonchev–Trinajstić information content (AvgIpc) is 2.46. The van der Waals surface area contributed by atoms with Gasteiger partial charge in [0.2, 0.25) is 0 Å². The van der Waals surface area contributed by atoms with Crippen molar-refractivity contribution in [1.29, 1.82) is 0 Å². The van der Waals surface area contributed by atoms with Crippen molar-refractivity contribution in [1.82, 2.24) is 0 Å². The highest BCUT2D eigenvalue weighted by molar-refractivity contribution is 6.32. The predicted octanol–water partition coefficient (Wildman–Crippen LogP) is 3.26. The molecular formula is C16H13ClO2. The van der Waals surface area contributed by atoms with E-state index in [1.807, 2.05) is 30.3 Å². The van der Waals surface area contributed by atoms with E-state index < -0.39 is 0 Å². The van der Waals surface area contributed by atoms with Gasteiger partial charge in [-0.15, -0.1) is 0 Å². The molecule has 2 nitrogen and oxygen atoms in total. The number of benzene rings is 2. The topological polar surface area (TPSA) is 29.5 Å². The van der Waals surface area contributed by atoms with Crippen LogP contribution in [-0.2, 0) is 6.61 Å². The largest absolute Gasteiger partial charge is 0.479 e. The van der Waals surface area contributed by atoms with Crippen molar-refractivity contribution in [2.24, 2.45) is 0 Å². The summed E-state index contributed by atoms with van der Waals surface area (Å²) in [5, 5.41) is 9.68. The first-order chi connectivity index (χ1) is 9.31. The molecule has 0 aliphatic carbocycles. The molecule has 0 atom stereocenters. The third-order valence-electron chi connectivity index (χ3n) is 2.51. The van der Waals surface area contributed by atoms with Crippen LogP contribution in [0.3, 0.4) is 0 Å². The number of hydrogen-bond donors (Lipinski definition) is 1. The number of para-hydroxylation sites is 1. The van der Waals surface area contributed by atoms with Gasteiger partial charge in [0.1, 0.15) is 12.4 Å². The molecule has 0 bridgehead atoms. The van der Waals surface area contributed by atoms with Crippen molar-refractivity contribution in [3.8, 4) is 17.6 Å². The number of halogens is 1. The molecule has 0 aliphatic rings. The normalized spacial score (nSPS) is 9.58. The summed E-state index contributed by atoms with van der Waals surface area (Å²) in [6.07, 6.45) is 0. The Labute approximate surface area is 117 Å². The zero-order valence-electron chi connectivity index (χ0n) is 10.3. The van der Waals surface area contributed by atoms with Crippen LogP contribution in [0.25, 0.3) is 0 Å². The molecule has 0 spiro atoms. The van der Waals surface area contributed by atoms with Gasteiger partial charge in [-0.3, -0.25) is 0 Å². The summed E-state index contributed by atoms with van der Waals surface area (Å²) in [6, 6.07) is 14.9. The second-order valence-corrected chi connectivity index (χ2v) is 4.25. The Morgan fingerprint density at radius 1 is 1.05 bits per heavy atom. The molecular weight excluding hydrogens is 260 g/mol. The summed E-state index contributed by atoms with van der Waals surface area (Å²) < 4.78 is 5.51. The highest BCUT2D eigenvalue weighted by Crippen LogP contribution is 2.28. The van der Waals surface area contributed by atoms with E-state index in [9.17, 15) is 5.11 Å². The van der Waals surface area contributed by atoms with Crippen molar-refractivity contribution >= 4 is 11.6 Å². The van der Waals surface area contributed by atoms with E-state index in [4.69, 9.17) is 16.3 Å². The highest BCUT2D eigenvalue weighted by Gasteiger charge is 2.06. The first-order valence-corrected chi connectivity index (χ1v) is 6.24. The van der Waals surface area contributed by atoms with Gasteiger partial charge in [0.15, 0.2) is 0 Å². The van der Waals surface area contributed by atoms with E-state index in [2.05, 4.69) is 11.8 Å². The van der Waals surface area contributed by atoms with Gasteiger partial charge in [-0.05, 0) is 18.2 Å². The SMILES string of the molecule is OCc1cccc(Cl)c1OCC#Cc1ccccc1. The van der Waals surface area contributed by atoms with Gasteiger partial charge in [-0.1, -0.05) is 53.8 Å². The van der Waals surface area contributed by atoms with Gasteiger partial charge < -0.3 is 9.84 Å². The van der Waals surface area contributed by atoms with Crippen molar-refractivity contribution in [2.45, 2.75) is 6.61 Å². The molecule has 3 heteroatoms. The minimum Gasteiger partial charge on any atom is -0.479 e. The lowest BCUT2D eigenvalue weighted by Gasteiger charge is -2.08. The molecule has 1 N–H and O–H groups in total. The minimum atomic E-state index is -0.109. The molecule has 96 valence electrons. The van der Waals surface area contributed by atoms with Crippen LogP contribution in [0.4, 0.5) is 0 Å². The number of rotatable bonds is 3. The van der Waals surface area contributed by atoms with Gasteiger partial charge in [0, 0.05) is 11.1 Å². The van der Waals surface area contributed by atoms with Crippen LogP contribution in [0.2, 0.25) is 5.02 Å². The molecule has 0 unspecified atom stereocenters. The third-order valence-corrected chi connectivity index (χ3v) is 2.81. The highest BCUT2D eigenvalue weighted by atomic mass is 35.5. The zero-order chi connectivity index (χ0) is 13.5. The fraction of sp³-hybridized carbons (Fsp3) is 0.125. The zero-order valence-corrected chi connectivity index (χ0v) is 11.0. The van der Waals surface area contributed by atoms with Crippen LogP contribution >= 0.6 is 11.6 Å². The molecule has 19 heavy (non-hydrogen) atoms. The average molecular weight is 273 g/mol. The molecule has 0 saturated heterocycles. The van der Waals surface area contributed by atoms with Gasteiger partial charge in [0.25, 0.3) is 0 Å². The molecule has 0 amide bonds. The lowest BCUT2D eigenvalue weighted by atomic mass is 10.2. The maximum absolute atomic E-state index is 9.20. The van der Waals surface area contributed by atoms with Crippen LogP contribution < -0.4 is 4.74 Å². The van der Waals surface area contributed by atoms with E-state index in [-0.39, 0.29) is 13.2 Å². The van der Waals surface area contributed by atoms with Gasteiger partial charge in [0.05, 0.1) is 11.6 Å². The minimum absolute atomic E-state index is 0.109. The van der Waals surface area contributed by atoms with Gasteiger partial charge in [-0.2, -0.15) is 0 Å². The number of aliphatic hydroxyl groups excluding tert-OH is 1.